The van der Waals surface area contributed by atoms with Crippen LogP contribution < -0.4 is 20.1 Å². The van der Waals surface area contributed by atoms with Crippen molar-refractivity contribution < 1.29 is 19.1 Å². The van der Waals surface area contributed by atoms with E-state index >= 15 is 0 Å². The standard InChI is InChI=1S/C23H30N4O4/c1-30-20-4-3-19(15-21(20)31-2)26-22(28)16-27-13-8-18(9-14-27)23(29)25-12-7-17-5-10-24-11-6-17/h3-6,10-11,15,18H,7-9,12-14,16H2,1-2H3,(H,25,29)(H,26,28). The van der Waals surface area contributed by atoms with Gasteiger partial charge in [0.25, 0.3) is 0 Å². The highest BCUT2D eigenvalue weighted by molar-refractivity contribution is 5.92. The van der Waals surface area contributed by atoms with Crippen LogP contribution in [0.15, 0.2) is 42.7 Å². The zero-order valence-corrected chi connectivity index (χ0v) is 18.1. The number of anilines is 1. The Morgan fingerprint density at radius 2 is 1.77 bits per heavy atom. The normalized spacial score (nSPS) is 14.6. The molecule has 0 spiro atoms. The molecule has 0 bridgehead atoms. The average Bonchev–Trinajstić information content (AvgIpc) is 2.80. The molecule has 8 heteroatoms. The van der Waals surface area contributed by atoms with Gasteiger partial charge in [-0.2, -0.15) is 0 Å². The van der Waals surface area contributed by atoms with Crippen molar-refractivity contribution in [3.63, 3.8) is 0 Å². The molecular formula is C23H30N4O4. The highest BCUT2D eigenvalue weighted by Crippen LogP contribution is 2.29. The summed E-state index contributed by atoms with van der Waals surface area (Å²) in [5, 5.41) is 5.92. The zero-order valence-electron chi connectivity index (χ0n) is 18.1. The molecule has 0 saturated carbocycles. The fourth-order valence-electron chi connectivity index (χ4n) is 3.69. The molecule has 166 valence electrons. The lowest BCUT2D eigenvalue weighted by Gasteiger charge is -2.30. The second-order valence-corrected chi connectivity index (χ2v) is 7.56. The molecule has 0 aliphatic carbocycles. The third kappa shape index (κ3) is 6.68. The van der Waals surface area contributed by atoms with Gasteiger partial charge in [-0.1, -0.05) is 0 Å². The second kappa shape index (κ2) is 11.3. The smallest absolute Gasteiger partial charge is 0.238 e. The molecule has 1 aromatic carbocycles. The van der Waals surface area contributed by atoms with Gasteiger partial charge in [-0.25, -0.2) is 0 Å². The maximum absolute atomic E-state index is 12.4. The highest BCUT2D eigenvalue weighted by atomic mass is 16.5. The molecule has 2 N–H and O–H groups in total. The molecule has 1 aromatic heterocycles. The largest absolute Gasteiger partial charge is 0.493 e. The van der Waals surface area contributed by atoms with Gasteiger partial charge in [0.05, 0.1) is 20.8 Å². The van der Waals surface area contributed by atoms with Crippen LogP contribution in [0.3, 0.4) is 0 Å². The van der Waals surface area contributed by atoms with E-state index in [0.29, 0.717) is 30.3 Å². The van der Waals surface area contributed by atoms with Crippen LogP contribution in [-0.2, 0) is 16.0 Å². The molecule has 31 heavy (non-hydrogen) atoms. The minimum Gasteiger partial charge on any atom is -0.493 e. The van der Waals surface area contributed by atoms with Crippen LogP contribution in [0.5, 0.6) is 11.5 Å². The molecule has 0 radical (unpaired) electrons. The summed E-state index contributed by atoms with van der Waals surface area (Å²) < 4.78 is 10.5. The topological polar surface area (TPSA) is 92.8 Å². The maximum atomic E-state index is 12.4. The minimum absolute atomic E-state index is 0.00241. The summed E-state index contributed by atoms with van der Waals surface area (Å²) in [6.07, 6.45) is 5.82. The Hall–Kier alpha value is -3.13. The SMILES string of the molecule is COc1ccc(NC(=O)CN2CCC(C(=O)NCCc3ccncc3)CC2)cc1OC. The summed E-state index contributed by atoms with van der Waals surface area (Å²) in [5.74, 6) is 1.19. The number of pyridine rings is 1. The lowest BCUT2D eigenvalue weighted by molar-refractivity contribution is -0.126. The van der Waals surface area contributed by atoms with Crippen molar-refractivity contribution >= 4 is 17.5 Å². The predicted molar refractivity (Wildman–Crippen MR) is 118 cm³/mol. The van der Waals surface area contributed by atoms with Crippen molar-refractivity contribution in [2.45, 2.75) is 19.3 Å². The first-order chi connectivity index (χ1) is 15.1. The fourth-order valence-corrected chi connectivity index (χ4v) is 3.69. The monoisotopic (exact) mass is 426 g/mol. The first kappa shape index (κ1) is 22.6. The number of aromatic nitrogens is 1. The Morgan fingerprint density at radius 1 is 1.06 bits per heavy atom. The van der Waals surface area contributed by atoms with E-state index in [1.165, 1.54) is 0 Å². The number of carbonyl (C=O) groups is 2. The van der Waals surface area contributed by atoms with Crippen molar-refractivity contribution in [1.29, 1.82) is 0 Å². The molecule has 2 aromatic rings. The summed E-state index contributed by atoms with van der Waals surface area (Å²) in [5.41, 5.74) is 1.82. The first-order valence-electron chi connectivity index (χ1n) is 10.5. The number of piperidine rings is 1. The van der Waals surface area contributed by atoms with Gasteiger partial charge in [-0.05, 0) is 62.2 Å². The molecule has 1 aliphatic heterocycles. The highest BCUT2D eigenvalue weighted by Gasteiger charge is 2.25. The van der Waals surface area contributed by atoms with Crippen molar-refractivity contribution in [3.05, 3.63) is 48.3 Å². The minimum atomic E-state index is -0.0903. The average molecular weight is 427 g/mol. The van der Waals surface area contributed by atoms with Crippen molar-refractivity contribution in [1.82, 2.24) is 15.2 Å². The van der Waals surface area contributed by atoms with Crippen molar-refractivity contribution in [3.8, 4) is 11.5 Å². The van der Waals surface area contributed by atoms with E-state index in [2.05, 4.69) is 20.5 Å². The van der Waals surface area contributed by atoms with Crippen LogP contribution in [0.25, 0.3) is 0 Å². The number of hydrogen-bond donors (Lipinski definition) is 2. The summed E-state index contributed by atoms with van der Waals surface area (Å²) in [7, 11) is 3.13. The summed E-state index contributed by atoms with van der Waals surface area (Å²) in [6, 6.07) is 9.18. The molecular weight excluding hydrogens is 396 g/mol. The van der Waals surface area contributed by atoms with E-state index in [1.54, 1.807) is 44.8 Å². The van der Waals surface area contributed by atoms with Crippen LogP contribution >= 0.6 is 0 Å². The van der Waals surface area contributed by atoms with Crippen molar-refractivity contribution in [2.75, 3.05) is 45.7 Å². The number of likely N-dealkylation sites (tertiary alicyclic amines) is 1. The number of methoxy groups -OCH3 is 2. The number of nitrogens with one attached hydrogen (secondary N) is 2. The number of benzene rings is 1. The van der Waals surface area contributed by atoms with Crippen LogP contribution in [0.2, 0.25) is 0 Å². The van der Waals surface area contributed by atoms with Gasteiger partial charge in [-0.3, -0.25) is 19.5 Å². The molecule has 3 rings (SSSR count). The summed E-state index contributed by atoms with van der Waals surface area (Å²) in [6.45, 7) is 2.37. The number of amides is 2. The molecule has 2 heterocycles. The number of hydrogen-bond acceptors (Lipinski definition) is 6. The lowest BCUT2D eigenvalue weighted by Crippen LogP contribution is -2.43. The van der Waals surface area contributed by atoms with Gasteiger partial charge < -0.3 is 20.1 Å². The Kier molecular flexibility index (Phi) is 8.23. The molecule has 0 atom stereocenters. The Bertz CT molecular complexity index is 867. The van der Waals surface area contributed by atoms with E-state index in [9.17, 15) is 9.59 Å². The van der Waals surface area contributed by atoms with Crippen LogP contribution in [0.4, 0.5) is 5.69 Å². The quantitative estimate of drug-likeness (QED) is 0.638. The fraction of sp³-hybridized carbons (Fsp3) is 0.435. The van der Waals surface area contributed by atoms with E-state index in [1.807, 2.05) is 12.1 Å². The lowest BCUT2D eigenvalue weighted by atomic mass is 9.96. The maximum Gasteiger partial charge on any atom is 0.238 e. The van der Waals surface area contributed by atoms with E-state index < -0.39 is 0 Å². The van der Waals surface area contributed by atoms with Crippen molar-refractivity contribution in [2.24, 2.45) is 5.92 Å². The van der Waals surface area contributed by atoms with Gasteiger partial charge >= 0.3 is 0 Å². The number of carbonyl (C=O) groups excluding carboxylic acids is 2. The second-order valence-electron chi connectivity index (χ2n) is 7.56. The van der Waals surface area contributed by atoms with Gasteiger partial charge in [0, 0.05) is 36.6 Å². The predicted octanol–water partition coefficient (Wildman–Crippen LogP) is 2.11. The van der Waals surface area contributed by atoms with E-state index in [0.717, 1.165) is 37.9 Å². The number of nitrogens with zero attached hydrogens (tertiary/aromatic N) is 2. The van der Waals surface area contributed by atoms with Gasteiger partial charge in [0.15, 0.2) is 11.5 Å². The van der Waals surface area contributed by atoms with Gasteiger partial charge in [0.2, 0.25) is 11.8 Å². The molecule has 2 amide bonds. The van der Waals surface area contributed by atoms with E-state index in [-0.39, 0.29) is 17.7 Å². The number of ether oxygens (including phenoxy) is 2. The Labute approximate surface area is 182 Å². The Morgan fingerprint density at radius 3 is 2.45 bits per heavy atom. The molecule has 1 aliphatic rings. The van der Waals surface area contributed by atoms with E-state index in [4.69, 9.17) is 9.47 Å². The van der Waals surface area contributed by atoms with Gasteiger partial charge in [-0.15, -0.1) is 0 Å². The molecule has 1 fully saturated rings. The van der Waals surface area contributed by atoms with Crippen LogP contribution in [-0.4, -0.2) is 62.1 Å². The zero-order chi connectivity index (χ0) is 22.1. The first-order valence-corrected chi connectivity index (χ1v) is 10.5. The Balaban J connectivity index is 1.38. The molecule has 8 nitrogen and oxygen atoms in total. The van der Waals surface area contributed by atoms with Gasteiger partial charge in [0.1, 0.15) is 0 Å². The molecule has 0 unspecified atom stereocenters. The number of rotatable bonds is 9. The third-order valence-electron chi connectivity index (χ3n) is 5.46. The summed E-state index contributed by atoms with van der Waals surface area (Å²) in [4.78, 5) is 30.9. The van der Waals surface area contributed by atoms with Crippen LogP contribution in [0, 0.1) is 5.92 Å². The third-order valence-corrected chi connectivity index (χ3v) is 5.46. The van der Waals surface area contributed by atoms with Crippen LogP contribution in [0.1, 0.15) is 18.4 Å². The molecule has 1 saturated heterocycles. The summed E-state index contributed by atoms with van der Waals surface area (Å²) >= 11 is 0.